The fourth-order valence-corrected chi connectivity index (χ4v) is 0.0833. The Morgan fingerprint density at radius 2 is 1.33 bits per heavy atom. The molecule has 77 valence electrons. The summed E-state index contributed by atoms with van der Waals surface area (Å²) in [4.78, 5) is 23.7. The van der Waals surface area contributed by atoms with Gasteiger partial charge in [0.1, 0.15) is 0 Å². The van der Waals surface area contributed by atoms with Gasteiger partial charge in [0.05, 0.1) is 14.2 Å². The minimum atomic E-state index is -0.657. The van der Waals surface area contributed by atoms with Crippen molar-refractivity contribution in [3.8, 4) is 0 Å². The van der Waals surface area contributed by atoms with E-state index in [1.807, 2.05) is 0 Å². The third-order valence-corrected chi connectivity index (χ3v) is 0.333. The van der Waals surface area contributed by atoms with E-state index >= 15 is 0 Å². The van der Waals surface area contributed by atoms with Gasteiger partial charge in [0.15, 0.2) is 0 Å². The molecule has 0 heterocycles. The van der Waals surface area contributed by atoms with Crippen LogP contribution in [0.5, 0.6) is 0 Å². The topological polar surface area (TPSA) is 121 Å². The molecule has 0 aromatic carbocycles. The van der Waals surface area contributed by atoms with Gasteiger partial charge in [-0.1, -0.05) is 0 Å². The van der Waals surface area contributed by atoms with Crippen LogP contribution < -0.4 is 0 Å². The summed E-state index contributed by atoms with van der Waals surface area (Å²) in [5.74, 6) is 0. The van der Waals surface area contributed by atoms with Gasteiger partial charge in [-0.25, -0.2) is 4.79 Å². The van der Waals surface area contributed by atoms with Crippen molar-refractivity contribution in [3.05, 3.63) is 16.6 Å². The molecule has 2 N–H and O–H groups in total. The molecule has 0 fully saturated rings. The molecule has 1 radical (unpaired) electrons. The zero-order chi connectivity index (χ0) is 8.99. The van der Waals surface area contributed by atoms with E-state index in [2.05, 4.69) is 16.1 Å². The van der Waals surface area contributed by atoms with Gasteiger partial charge in [0, 0.05) is 27.0 Å². The summed E-state index contributed by atoms with van der Waals surface area (Å²) in [6.45, 7) is 4.50. The molecule has 0 spiro atoms. The maximum Gasteiger partial charge on any atom is 0 e. The summed E-state index contributed by atoms with van der Waals surface area (Å²) in [5.41, 5.74) is 0. The fourth-order valence-electron chi connectivity index (χ4n) is 0.0833. The van der Waals surface area contributed by atoms with Crippen LogP contribution >= 0.6 is 0 Å². The Hall–Kier alpha value is -0.911. The average Bonchev–Trinajstić information content (AvgIpc) is 2.10. The first-order valence-electron chi connectivity index (χ1n) is 1.80. The van der Waals surface area contributed by atoms with Crippen LogP contribution in [0, 0.1) is 16.6 Å². The molecule has 0 aliphatic carbocycles. The standard InChI is InChI=1S/C3H6O3.CO.Cu.O2.H2O/c1-5-3(4)6-2;1-2;;1-2;/h1-2H3;;;;1H2. The number of carbonyl (C=O) groups excluding carboxylic acids is 1. The SMILES string of the molecule is COC(=O)OC.O.O=O.[C-]#[O+].[Cu]. The normalized spacial score (nSPS) is 4.00. The molecule has 7 nitrogen and oxygen atoms in total. The van der Waals surface area contributed by atoms with E-state index in [0.29, 0.717) is 0 Å². The molecule has 0 rings (SSSR count). The van der Waals surface area contributed by atoms with Gasteiger partial charge in [-0.15, -0.1) is 0 Å². The Morgan fingerprint density at radius 3 is 1.33 bits per heavy atom. The zero-order valence-electron chi connectivity index (χ0n) is 6.25. The van der Waals surface area contributed by atoms with E-state index in [-0.39, 0.29) is 22.5 Å². The van der Waals surface area contributed by atoms with Gasteiger partial charge in [-0.3, -0.25) is 0 Å². The predicted octanol–water partition coefficient (Wildman–Crippen LogP) is -0.399. The van der Waals surface area contributed by atoms with Crippen molar-refractivity contribution < 1.29 is 41.5 Å². The van der Waals surface area contributed by atoms with E-state index < -0.39 is 6.16 Å². The van der Waals surface area contributed by atoms with Crippen molar-refractivity contribution in [1.82, 2.24) is 0 Å². The molecular formula is C4H8CuO7. The van der Waals surface area contributed by atoms with E-state index in [1.54, 1.807) is 0 Å². The summed E-state index contributed by atoms with van der Waals surface area (Å²) in [7, 11) is 2.51. The van der Waals surface area contributed by atoms with E-state index in [4.69, 9.17) is 14.6 Å². The Morgan fingerprint density at radius 1 is 1.17 bits per heavy atom. The average molecular weight is 232 g/mol. The van der Waals surface area contributed by atoms with E-state index in [0.717, 1.165) is 0 Å². The number of rotatable bonds is 0. The first-order chi connectivity index (χ1) is 4.81. The summed E-state index contributed by atoms with van der Waals surface area (Å²) in [6, 6.07) is 0. The molecule has 0 saturated heterocycles. The van der Waals surface area contributed by atoms with Crippen molar-refractivity contribution in [1.29, 1.82) is 0 Å². The first-order valence-corrected chi connectivity index (χ1v) is 1.80. The molecular weight excluding hydrogens is 224 g/mol. The van der Waals surface area contributed by atoms with Crippen molar-refractivity contribution >= 4 is 6.16 Å². The van der Waals surface area contributed by atoms with Crippen LogP contribution in [0.25, 0.3) is 0 Å². The summed E-state index contributed by atoms with van der Waals surface area (Å²) in [6.07, 6.45) is -0.657. The van der Waals surface area contributed by atoms with E-state index in [1.165, 1.54) is 14.2 Å². The molecule has 0 aliphatic heterocycles. The zero-order valence-corrected chi connectivity index (χ0v) is 7.19. The van der Waals surface area contributed by atoms with Gasteiger partial charge in [0.2, 0.25) is 0 Å². The van der Waals surface area contributed by atoms with Crippen molar-refractivity contribution in [2.75, 3.05) is 14.2 Å². The second kappa shape index (κ2) is 49.8. The van der Waals surface area contributed by atoms with Crippen molar-refractivity contribution in [2.24, 2.45) is 0 Å². The number of hydrogen-bond donors (Lipinski definition) is 0. The number of ether oxygens (including phenoxy) is 2. The molecule has 0 aromatic heterocycles. The Kier molecular flexibility index (Phi) is 126. The molecule has 0 saturated carbocycles. The quantitative estimate of drug-likeness (QED) is 0.243. The van der Waals surface area contributed by atoms with Gasteiger partial charge < -0.3 is 14.9 Å². The molecule has 0 bridgehead atoms. The van der Waals surface area contributed by atoms with Crippen LogP contribution in [0.4, 0.5) is 4.79 Å². The third kappa shape index (κ3) is 62.3. The second-order valence-corrected chi connectivity index (χ2v) is 0.658. The fraction of sp³-hybridized carbons (Fsp3) is 0.500. The first kappa shape index (κ1) is 30.4. The Labute approximate surface area is 79.1 Å². The predicted molar refractivity (Wildman–Crippen MR) is 33.7 cm³/mol. The molecule has 8 heteroatoms. The van der Waals surface area contributed by atoms with Crippen LogP contribution in [-0.4, -0.2) is 25.9 Å². The summed E-state index contributed by atoms with van der Waals surface area (Å²) in [5, 5.41) is 0. The van der Waals surface area contributed by atoms with Gasteiger partial charge in [0.25, 0.3) is 0 Å². The minimum Gasteiger partial charge on any atom is 0 e. The summed E-state index contributed by atoms with van der Waals surface area (Å²) < 4.78 is 15.6. The Balaban J connectivity index is -0.0000000241. The van der Waals surface area contributed by atoms with Gasteiger partial charge in [-0.05, 0) is 0 Å². The summed E-state index contributed by atoms with van der Waals surface area (Å²) >= 11 is 0. The van der Waals surface area contributed by atoms with Crippen molar-refractivity contribution in [2.45, 2.75) is 0 Å². The number of carbonyl (C=O) groups is 1. The van der Waals surface area contributed by atoms with Crippen LogP contribution in [0.3, 0.4) is 0 Å². The molecule has 0 amide bonds. The van der Waals surface area contributed by atoms with E-state index in [9.17, 15) is 4.79 Å². The van der Waals surface area contributed by atoms with Crippen molar-refractivity contribution in [3.63, 3.8) is 0 Å². The maximum atomic E-state index is 9.74. The molecule has 12 heavy (non-hydrogen) atoms. The third-order valence-electron chi connectivity index (χ3n) is 0.333. The molecule has 0 atom stereocenters. The van der Waals surface area contributed by atoms with Crippen LogP contribution in [0.2, 0.25) is 0 Å². The molecule has 0 aromatic rings. The molecule has 0 aliphatic rings. The van der Waals surface area contributed by atoms with Gasteiger partial charge >= 0.3 is 17.5 Å². The van der Waals surface area contributed by atoms with Crippen LogP contribution in [0.1, 0.15) is 0 Å². The largest absolute Gasteiger partial charge is 0 e. The van der Waals surface area contributed by atoms with Crippen LogP contribution in [-0.2, 0) is 31.2 Å². The Bertz CT molecular complexity index is 86.7. The second-order valence-electron chi connectivity index (χ2n) is 0.658. The maximum absolute atomic E-state index is 9.74. The number of methoxy groups -OCH3 is 2. The monoisotopic (exact) mass is 231 g/mol. The minimum absolute atomic E-state index is 0. The molecule has 0 unspecified atom stereocenters. The number of hydrogen-bond acceptors (Lipinski definition) is 5. The van der Waals surface area contributed by atoms with Gasteiger partial charge in [-0.2, -0.15) is 0 Å². The smallest absolute Gasteiger partial charge is 0 e. The van der Waals surface area contributed by atoms with Crippen LogP contribution in [0.15, 0.2) is 0 Å².